The van der Waals surface area contributed by atoms with Crippen LogP contribution in [0.5, 0.6) is 0 Å². The minimum Gasteiger partial charge on any atom is -0.335 e. The van der Waals surface area contributed by atoms with Gasteiger partial charge >= 0.3 is 0 Å². The van der Waals surface area contributed by atoms with Crippen LogP contribution in [-0.2, 0) is 0 Å². The Bertz CT molecular complexity index is 514. The molecule has 1 aromatic rings. The quantitative estimate of drug-likeness (QED) is 0.661. The molecule has 9 heteroatoms. The monoisotopic (exact) mass is 318 g/mol. The summed E-state index contributed by atoms with van der Waals surface area (Å²) in [6.07, 6.45) is 0. The Morgan fingerprint density at radius 2 is 2.10 bits per heavy atom. The van der Waals surface area contributed by atoms with Crippen LogP contribution in [0.4, 0.5) is 5.69 Å². The number of nitrogens with two attached hydrogens (primary N) is 1. The summed E-state index contributed by atoms with van der Waals surface area (Å²) in [5, 5.41) is 10.7. The Balaban J connectivity index is 2.02. The van der Waals surface area contributed by atoms with Gasteiger partial charge in [0.05, 0.1) is 4.92 Å². The third kappa shape index (κ3) is 3.26. The average Bonchev–Trinajstić information content (AvgIpc) is 2.81. The SMILES string of the molecule is NCCN1CCN(C(=O)c2cc([N+](=O)[O-])c(Cl)s2)CC1. The minimum absolute atomic E-state index is 0.0418. The van der Waals surface area contributed by atoms with Gasteiger partial charge in [-0.05, 0) is 0 Å². The molecule has 0 bridgehead atoms. The first-order chi connectivity index (χ1) is 9.52. The topological polar surface area (TPSA) is 92.7 Å². The molecule has 2 rings (SSSR count). The molecule has 0 unspecified atom stereocenters. The van der Waals surface area contributed by atoms with E-state index in [0.717, 1.165) is 31.0 Å². The van der Waals surface area contributed by atoms with Crippen LogP contribution in [0.3, 0.4) is 0 Å². The van der Waals surface area contributed by atoms with Crippen LogP contribution < -0.4 is 5.73 Å². The van der Waals surface area contributed by atoms with E-state index in [9.17, 15) is 14.9 Å². The normalized spacial score (nSPS) is 16.4. The highest BCUT2D eigenvalue weighted by Crippen LogP contribution is 2.34. The fourth-order valence-electron chi connectivity index (χ4n) is 2.10. The lowest BCUT2D eigenvalue weighted by Gasteiger charge is -2.34. The molecular weight excluding hydrogens is 304 g/mol. The maximum atomic E-state index is 12.3. The molecule has 2 heterocycles. The Morgan fingerprint density at radius 1 is 1.45 bits per heavy atom. The van der Waals surface area contributed by atoms with Gasteiger partial charge < -0.3 is 10.6 Å². The molecule has 7 nitrogen and oxygen atoms in total. The van der Waals surface area contributed by atoms with Crippen molar-refractivity contribution < 1.29 is 9.72 Å². The van der Waals surface area contributed by atoms with Crippen molar-refractivity contribution in [2.75, 3.05) is 39.3 Å². The summed E-state index contributed by atoms with van der Waals surface area (Å²) < 4.78 is 0.0418. The van der Waals surface area contributed by atoms with E-state index in [0.29, 0.717) is 24.5 Å². The number of carbonyl (C=O) groups excluding carboxylic acids is 1. The molecule has 0 aromatic carbocycles. The van der Waals surface area contributed by atoms with E-state index in [2.05, 4.69) is 4.90 Å². The molecule has 1 aliphatic heterocycles. The second-order valence-electron chi connectivity index (χ2n) is 4.45. The molecule has 20 heavy (non-hydrogen) atoms. The summed E-state index contributed by atoms with van der Waals surface area (Å²) in [6, 6.07) is 1.25. The van der Waals surface area contributed by atoms with Crippen molar-refractivity contribution in [3.63, 3.8) is 0 Å². The number of carbonyl (C=O) groups is 1. The Hall–Kier alpha value is -1.22. The number of amides is 1. The maximum Gasteiger partial charge on any atom is 0.299 e. The summed E-state index contributed by atoms with van der Waals surface area (Å²) in [6.45, 7) is 4.15. The van der Waals surface area contributed by atoms with Crippen LogP contribution in [0.15, 0.2) is 6.07 Å². The molecule has 1 aliphatic rings. The number of hydrogen-bond acceptors (Lipinski definition) is 6. The number of hydrogen-bond donors (Lipinski definition) is 1. The van der Waals surface area contributed by atoms with Gasteiger partial charge in [-0.25, -0.2) is 0 Å². The van der Waals surface area contributed by atoms with Crippen LogP contribution in [0, 0.1) is 10.1 Å². The second kappa shape index (κ2) is 6.49. The molecule has 0 aliphatic carbocycles. The predicted octanol–water partition coefficient (Wildman–Crippen LogP) is 1.03. The van der Waals surface area contributed by atoms with Gasteiger partial charge in [-0.15, -0.1) is 11.3 Å². The molecular formula is C11H15ClN4O3S. The number of halogens is 1. The van der Waals surface area contributed by atoms with Gasteiger partial charge in [0.2, 0.25) is 0 Å². The zero-order valence-corrected chi connectivity index (χ0v) is 12.3. The van der Waals surface area contributed by atoms with Crippen molar-refractivity contribution in [2.24, 2.45) is 5.73 Å². The van der Waals surface area contributed by atoms with Crippen molar-refractivity contribution >= 4 is 34.5 Å². The second-order valence-corrected chi connectivity index (χ2v) is 6.10. The zero-order valence-electron chi connectivity index (χ0n) is 10.7. The molecule has 0 saturated carbocycles. The number of thiophene rings is 1. The van der Waals surface area contributed by atoms with Gasteiger partial charge in [-0.1, -0.05) is 11.6 Å². The fraction of sp³-hybridized carbons (Fsp3) is 0.545. The van der Waals surface area contributed by atoms with Crippen molar-refractivity contribution in [3.8, 4) is 0 Å². The molecule has 2 N–H and O–H groups in total. The van der Waals surface area contributed by atoms with E-state index in [1.165, 1.54) is 6.07 Å². The highest BCUT2D eigenvalue weighted by atomic mass is 35.5. The van der Waals surface area contributed by atoms with Crippen LogP contribution in [0.1, 0.15) is 9.67 Å². The van der Waals surface area contributed by atoms with Crippen molar-refractivity contribution in [1.82, 2.24) is 9.80 Å². The van der Waals surface area contributed by atoms with Crippen LogP contribution in [0.25, 0.3) is 0 Å². The van der Waals surface area contributed by atoms with Crippen LogP contribution in [0.2, 0.25) is 4.34 Å². The largest absolute Gasteiger partial charge is 0.335 e. The first kappa shape index (κ1) is 15.2. The van der Waals surface area contributed by atoms with Gasteiger partial charge in [0.25, 0.3) is 11.6 Å². The fourth-order valence-corrected chi connectivity index (χ4v) is 3.29. The Morgan fingerprint density at radius 3 is 2.60 bits per heavy atom. The van der Waals surface area contributed by atoms with Gasteiger partial charge in [0, 0.05) is 45.3 Å². The Labute approximate surface area is 125 Å². The van der Waals surface area contributed by atoms with E-state index in [4.69, 9.17) is 17.3 Å². The van der Waals surface area contributed by atoms with E-state index >= 15 is 0 Å². The minimum atomic E-state index is -0.575. The maximum absolute atomic E-state index is 12.3. The first-order valence-corrected chi connectivity index (χ1v) is 7.37. The van der Waals surface area contributed by atoms with Crippen molar-refractivity contribution in [3.05, 3.63) is 25.4 Å². The van der Waals surface area contributed by atoms with Gasteiger partial charge in [0.15, 0.2) is 4.34 Å². The predicted molar refractivity (Wildman–Crippen MR) is 77.4 cm³/mol. The van der Waals surface area contributed by atoms with E-state index in [1.807, 2.05) is 0 Å². The summed E-state index contributed by atoms with van der Waals surface area (Å²) in [5.74, 6) is -0.197. The molecule has 0 spiro atoms. The summed E-state index contributed by atoms with van der Waals surface area (Å²) in [5.41, 5.74) is 5.29. The summed E-state index contributed by atoms with van der Waals surface area (Å²) >= 11 is 6.73. The van der Waals surface area contributed by atoms with E-state index in [1.54, 1.807) is 4.90 Å². The number of rotatable bonds is 4. The lowest BCUT2D eigenvalue weighted by Crippen LogP contribution is -2.49. The summed E-state index contributed by atoms with van der Waals surface area (Å²) in [7, 11) is 0. The average molecular weight is 319 g/mol. The number of nitrogens with zero attached hydrogens (tertiary/aromatic N) is 3. The summed E-state index contributed by atoms with van der Waals surface area (Å²) in [4.78, 5) is 26.6. The smallest absolute Gasteiger partial charge is 0.299 e. The zero-order chi connectivity index (χ0) is 14.7. The van der Waals surface area contributed by atoms with Crippen molar-refractivity contribution in [2.45, 2.75) is 0 Å². The van der Waals surface area contributed by atoms with Crippen LogP contribution in [-0.4, -0.2) is 59.9 Å². The lowest BCUT2D eigenvalue weighted by molar-refractivity contribution is -0.384. The van der Waals surface area contributed by atoms with Crippen LogP contribution >= 0.6 is 22.9 Å². The van der Waals surface area contributed by atoms with Crippen molar-refractivity contribution in [1.29, 1.82) is 0 Å². The van der Waals surface area contributed by atoms with Gasteiger partial charge in [-0.3, -0.25) is 19.8 Å². The molecule has 1 aromatic heterocycles. The molecule has 110 valence electrons. The van der Waals surface area contributed by atoms with Gasteiger partial charge in [-0.2, -0.15) is 0 Å². The lowest BCUT2D eigenvalue weighted by atomic mass is 10.3. The highest BCUT2D eigenvalue weighted by Gasteiger charge is 2.26. The highest BCUT2D eigenvalue weighted by molar-refractivity contribution is 7.18. The van der Waals surface area contributed by atoms with E-state index < -0.39 is 4.92 Å². The molecule has 1 saturated heterocycles. The molecule has 0 radical (unpaired) electrons. The number of piperazine rings is 1. The molecule has 1 amide bonds. The molecule has 0 atom stereocenters. The standard InChI is InChI=1S/C11H15ClN4O3S/c12-10-8(16(18)19)7-9(20-10)11(17)15-5-3-14(2-1-13)4-6-15/h7H,1-6,13H2. The molecule has 1 fully saturated rings. The Kier molecular flexibility index (Phi) is 4.92. The van der Waals surface area contributed by atoms with E-state index in [-0.39, 0.29) is 15.9 Å². The number of nitro groups is 1. The first-order valence-electron chi connectivity index (χ1n) is 6.18. The third-order valence-corrected chi connectivity index (χ3v) is 4.51. The third-order valence-electron chi connectivity index (χ3n) is 3.18. The van der Waals surface area contributed by atoms with Gasteiger partial charge in [0.1, 0.15) is 4.88 Å².